The predicted octanol–water partition coefficient (Wildman–Crippen LogP) is 0.850. The fourth-order valence-electron chi connectivity index (χ4n) is 1.30. The van der Waals surface area contributed by atoms with Crippen molar-refractivity contribution in [1.29, 1.82) is 0 Å². The third-order valence-electron chi connectivity index (χ3n) is 2.61. The highest BCUT2D eigenvalue weighted by Gasteiger charge is 2.10. The topological polar surface area (TPSA) is 75.3 Å². The third-order valence-corrected chi connectivity index (χ3v) is 3.73. The van der Waals surface area contributed by atoms with E-state index in [0.29, 0.717) is 12.1 Å². The van der Waals surface area contributed by atoms with E-state index in [1.54, 1.807) is 0 Å². The van der Waals surface area contributed by atoms with E-state index in [1.165, 1.54) is 24.3 Å². The van der Waals surface area contributed by atoms with Gasteiger partial charge in [-0.2, -0.15) is 0 Å². The summed E-state index contributed by atoms with van der Waals surface area (Å²) in [6, 6.07) is 6.08. The number of sulfone groups is 1. The zero-order valence-corrected chi connectivity index (χ0v) is 12.8. The lowest BCUT2D eigenvalue weighted by Gasteiger charge is -2.11. The molecule has 1 aromatic rings. The maximum atomic E-state index is 11.7. The van der Waals surface area contributed by atoms with Gasteiger partial charge in [0.2, 0.25) is 0 Å². The summed E-state index contributed by atoms with van der Waals surface area (Å²) >= 11 is 0. The van der Waals surface area contributed by atoms with Crippen LogP contribution in [0.4, 0.5) is 0 Å². The Morgan fingerprint density at radius 1 is 1.26 bits per heavy atom. The van der Waals surface area contributed by atoms with E-state index < -0.39 is 9.84 Å². The summed E-state index contributed by atoms with van der Waals surface area (Å²) in [6.07, 6.45) is 1.14. The summed E-state index contributed by atoms with van der Waals surface area (Å²) in [5.41, 5.74) is 0.450. The highest BCUT2D eigenvalue weighted by atomic mass is 35.5. The van der Waals surface area contributed by atoms with Crippen molar-refractivity contribution < 1.29 is 13.2 Å². The van der Waals surface area contributed by atoms with Crippen molar-refractivity contribution in [2.24, 2.45) is 0 Å². The van der Waals surface area contributed by atoms with E-state index in [0.717, 1.165) is 6.26 Å². The van der Waals surface area contributed by atoms with Crippen LogP contribution in [0.3, 0.4) is 0 Å². The Kier molecular flexibility index (Phi) is 7.04. The number of hydrogen-bond acceptors (Lipinski definition) is 4. The van der Waals surface area contributed by atoms with Gasteiger partial charge in [-0.1, -0.05) is 0 Å². The van der Waals surface area contributed by atoms with Crippen LogP contribution < -0.4 is 10.6 Å². The first-order valence-corrected chi connectivity index (χ1v) is 7.49. The van der Waals surface area contributed by atoms with Gasteiger partial charge in [-0.05, 0) is 38.2 Å². The second-order valence-corrected chi connectivity index (χ2v) is 6.21. The van der Waals surface area contributed by atoms with Gasteiger partial charge in [0.1, 0.15) is 0 Å². The molecule has 0 heterocycles. The zero-order chi connectivity index (χ0) is 13.8. The van der Waals surface area contributed by atoms with E-state index >= 15 is 0 Å². The van der Waals surface area contributed by atoms with Gasteiger partial charge in [-0.3, -0.25) is 4.79 Å². The van der Waals surface area contributed by atoms with Crippen molar-refractivity contribution in [2.75, 3.05) is 19.8 Å². The van der Waals surface area contributed by atoms with Crippen molar-refractivity contribution >= 4 is 28.2 Å². The molecule has 0 radical (unpaired) electrons. The number of nitrogens with one attached hydrogen (secondary N) is 2. The lowest BCUT2D eigenvalue weighted by atomic mass is 10.2. The summed E-state index contributed by atoms with van der Waals surface area (Å²) in [7, 11) is -1.40. The molecule has 0 aromatic heterocycles. The molecule has 0 bridgehead atoms. The van der Waals surface area contributed by atoms with Crippen LogP contribution in [0.15, 0.2) is 29.2 Å². The van der Waals surface area contributed by atoms with Crippen LogP contribution in [-0.2, 0) is 9.84 Å². The van der Waals surface area contributed by atoms with Gasteiger partial charge >= 0.3 is 0 Å². The predicted molar refractivity (Wildman–Crippen MR) is 77.7 cm³/mol. The Labute approximate surface area is 120 Å². The van der Waals surface area contributed by atoms with Crippen molar-refractivity contribution in [3.8, 4) is 0 Å². The minimum atomic E-state index is -3.22. The molecule has 0 aliphatic carbocycles. The molecule has 0 saturated carbocycles. The van der Waals surface area contributed by atoms with Crippen LogP contribution in [0, 0.1) is 0 Å². The van der Waals surface area contributed by atoms with Crippen LogP contribution in [0.1, 0.15) is 17.3 Å². The van der Waals surface area contributed by atoms with Crippen molar-refractivity contribution in [3.63, 3.8) is 0 Å². The molecule has 0 aliphatic rings. The second-order valence-electron chi connectivity index (χ2n) is 4.20. The Morgan fingerprint density at radius 3 is 2.21 bits per heavy atom. The molecule has 1 atom stereocenters. The molecule has 2 N–H and O–H groups in total. The molecule has 0 fully saturated rings. The smallest absolute Gasteiger partial charge is 0.251 e. The van der Waals surface area contributed by atoms with Crippen LogP contribution in [0.5, 0.6) is 0 Å². The summed E-state index contributed by atoms with van der Waals surface area (Å²) in [5.74, 6) is -0.211. The molecule has 1 amide bonds. The SMILES string of the molecule is CNC(C)CNC(=O)c1ccc(S(C)(=O)=O)cc1.Cl. The lowest BCUT2D eigenvalue weighted by Crippen LogP contribution is -2.37. The largest absolute Gasteiger partial charge is 0.350 e. The fourth-order valence-corrected chi connectivity index (χ4v) is 1.93. The summed E-state index contributed by atoms with van der Waals surface area (Å²) < 4.78 is 22.5. The highest BCUT2D eigenvalue weighted by Crippen LogP contribution is 2.10. The van der Waals surface area contributed by atoms with Gasteiger partial charge in [0.25, 0.3) is 5.91 Å². The molecule has 1 aromatic carbocycles. The molecule has 1 unspecified atom stereocenters. The number of rotatable bonds is 5. The Morgan fingerprint density at radius 2 is 1.79 bits per heavy atom. The number of halogens is 1. The lowest BCUT2D eigenvalue weighted by molar-refractivity contribution is 0.0950. The number of amides is 1. The number of likely N-dealkylation sites (N-methyl/N-ethyl adjacent to an activating group) is 1. The minimum absolute atomic E-state index is 0. The molecule has 0 aliphatic heterocycles. The van der Waals surface area contributed by atoms with Crippen LogP contribution in [0.2, 0.25) is 0 Å². The van der Waals surface area contributed by atoms with Gasteiger partial charge in [-0.25, -0.2) is 8.42 Å². The fraction of sp³-hybridized carbons (Fsp3) is 0.417. The maximum absolute atomic E-state index is 11.7. The van der Waals surface area contributed by atoms with E-state index in [-0.39, 0.29) is 29.3 Å². The van der Waals surface area contributed by atoms with Gasteiger partial charge in [0, 0.05) is 24.4 Å². The quantitative estimate of drug-likeness (QED) is 0.846. The molecule has 0 saturated heterocycles. The van der Waals surface area contributed by atoms with Crippen molar-refractivity contribution in [3.05, 3.63) is 29.8 Å². The highest BCUT2D eigenvalue weighted by molar-refractivity contribution is 7.90. The molecule has 0 spiro atoms. The number of carbonyl (C=O) groups excluding carboxylic acids is 1. The molecule has 5 nitrogen and oxygen atoms in total. The van der Waals surface area contributed by atoms with E-state index in [2.05, 4.69) is 10.6 Å². The number of benzene rings is 1. The minimum Gasteiger partial charge on any atom is -0.350 e. The molecule has 1 rings (SSSR count). The zero-order valence-electron chi connectivity index (χ0n) is 11.1. The van der Waals surface area contributed by atoms with Crippen molar-refractivity contribution in [2.45, 2.75) is 17.9 Å². The number of carbonyl (C=O) groups is 1. The second kappa shape index (κ2) is 7.47. The first-order valence-electron chi connectivity index (χ1n) is 5.60. The first kappa shape index (κ1) is 17.9. The van der Waals surface area contributed by atoms with Gasteiger partial charge < -0.3 is 10.6 Å². The molecular formula is C12H19ClN2O3S. The summed E-state index contributed by atoms with van der Waals surface area (Å²) in [5, 5.41) is 5.76. The molecular weight excluding hydrogens is 288 g/mol. The molecule has 108 valence electrons. The van der Waals surface area contributed by atoms with Crippen LogP contribution >= 0.6 is 12.4 Å². The molecule has 19 heavy (non-hydrogen) atoms. The van der Waals surface area contributed by atoms with Crippen molar-refractivity contribution in [1.82, 2.24) is 10.6 Å². The molecule has 7 heteroatoms. The average Bonchev–Trinajstić information content (AvgIpc) is 2.34. The van der Waals surface area contributed by atoms with E-state index in [4.69, 9.17) is 0 Å². The maximum Gasteiger partial charge on any atom is 0.251 e. The van der Waals surface area contributed by atoms with Gasteiger partial charge in [-0.15, -0.1) is 12.4 Å². The van der Waals surface area contributed by atoms with E-state index in [9.17, 15) is 13.2 Å². The normalized spacial score (nSPS) is 12.4. The Hall–Kier alpha value is -1.11. The average molecular weight is 307 g/mol. The first-order chi connectivity index (χ1) is 8.34. The number of hydrogen-bond donors (Lipinski definition) is 2. The monoisotopic (exact) mass is 306 g/mol. The van der Waals surface area contributed by atoms with Crippen LogP contribution in [-0.4, -0.2) is 40.2 Å². The third kappa shape index (κ3) is 5.59. The van der Waals surface area contributed by atoms with Gasteiger partial charge in [0.15, 0.2) is 9.84 Å². The summed E-state index contributed by atoms with van der Waals surface area (Å²) in [4.78, 5) is 11.9. The van der Waals surface area contributed by atoms with Gasteiger partial charge in [0.05, 0.1) is 4.90 Å². The van der Waals surface area contributed by atoms with E-state index in [1.807, 2.05) is 14.0 Å². The van der Waals surface area contributed by atoms with Crippen LogP contribution in [0.25, 0.3) is 0 Å². The standard InChI is InChI=1S/C12H18N2O3S.ClH/c1-9(13-2)8-14-12(15)10-4-6-11(7-5-10)18(3,16)17;/h4-7,9,13H,8H2,1-3H3,(H,14,15);1H. The Bertz CT molecular complexity index is 514. The summed E-state index contributed by atoms with van der Waals surface area (Å²) in [6.45, 7) is 2.47. The Balaban J connectivity index is 0.00000324.